The lowest BCUT2D eigenvalue weighted by Gasteiger charge is -2.51. The molecule has 0 bridgehead atoms. The number of ether oxygens (including phenoxy) is 3. The summed E-state index contributed by atoms with van der Waals surface area (Å²) < 4.78 is 20.1. The summed E-state index contributed by atoms with van der Waals surface area (Å²) in [5, 5.41) is 0. The van der Waals surface area contributed by atoms with Crippen molar-refractivity contribution in [1.82, 2.24) is 0 Å². The summed E-state index contributed by atoms with van der Waals surface area (Å²) in [6, 6.07) is 62.9. The number of anilines is 6. The quantitative estimate of drug-likeness (QED) is 0.167. The molecular formula is C49H29BN2O3. The van der Waals surface area contributed by atoms with Gasteiger partial charge in [0.15, 0.2) is 0 Å². The van der Waals surface area contributed by atoms with Gasteiger partial charge in [0.25, 0.3) is 6.71 Å². The zero-order chi connectivity index (χ0) is 35.8. The van der Waals surface area contributed by atoms with Gasteiger partial charge in [0, 0.05) is 34.2 Å². The fourth-order valence-corrected chi connectivity index (χ4v) is 10.1. The molecule has 55 heavy (non-hydrogen) atoms. The molecule has 5 nitrogen and oxygen atoms in total. The number of rotatable bonds is 2. The zero-order valence-corrected chi connectivity index (χ0v) is 29.4. The van der Waals surface area contributed by atoms with Crippen molar-refractivity contribution in [1.29, 1.82) is 0 Å². The van der Waals surface area contributed by atoms with E-state index in [2.05, 4.69) is 149 Å². The van der Waals surface area contributed by atoms with E-state index in [9.17, 15) is 0 Å². The summed E-state index contributed by atoms with van der Waals surface area (Å²) in [5.41, 5.74) is 14.1. The molecule has 0 aromatic heterocycles. The highest BCUT2D eigenvalue weighted by atomic mass is 16.5. The van der Waals surface area contributed by atoms with Crippen LogP contribution in [0.15, 0.2) is 176 Å². The van der Waals surface area contributed by atoms with Gasteiger partial charge >= 0.3 is 0 Å². The van der Waals surface area contributed by atoms with Crippen molar-refractivity contribution in [2.45, 2.75) is 5.41 Å². The Labute approximate surface area is 318 Å². The molecule has 13 rings (SSSR count). The smallest absolute Gasteiger partial charge is 0.270 e. The van der Waals surface area contributed by atoms with E-state index in [1.165, 1.54) is 22.3 Å². The molecule has 0 saturated heterocycles. The second kappa shape index (κ2) is 10.5. The van der Waals surface area contributed by atoms with E-state index in [0.717, 1.165) is 85.0 Å². The van der Waals surface area contributed by atoms with E-state index >= 15 is 0 Å². The molecular weight excluding hydrogens is 675 g/mol. The van der Waals surface area contributed by atoms with Gasteiger partial charge in [-0.1, -0.05) is 103 Å². The van der Waals surface area contributed by atoms with Gasteiger partial charge in [-0.15, -0.1) is 0 Å². The van der Waals surface area contributed by atoms with E-state index in [1.807, 2.05) is 36.4 Å². The third-order valence-electron chi connectivity index (χ3n) is 12.1. The Morgan fingerprint density at radius 1 is 0.327 bits per heavy atom. The van der Waals surface area contributed by atoms with Crippen molar-refractivity contribution in [3.63, 3.8) is 0 Å². The molecule has 0 atom stereocenters. The Kier molecular flexibility index (Phi) is 5.59. The Bertz CT molecular complexity index is 2790. The Morgan fingerprint density at radius 3 is 1.11 bits per heavy atom. The van der Waals surface area contributed by atoms with Crippen LogP contribution in [0.4, 0.5) is 34.1 Å². The van der Waals surface area contributed by atoms with Gasteiger partial charge in [0.05, 0.1) is 33.9 Å². The third-order valence-corrected chi connectivity index (χ3v) is 12.1. The molecule has 8 aromatic carbocycles. The fraction of sp³-hybridized carbons (Fsp3) is 0.0204. The van der Waals surface area contributed by atoms with Crippen LogP contribution in [0.5, 0.6) is 34.5 Å². The van der Waals surface area contributed by atoms with E-state index in [4.69, 9.17) is 14.2 Å². The Balaban J connectivity index is 1.07. The number of hydrogen-bond donors (Lipinski definition) is 0. The summed E-state index contributed by atoms with van der Waals surface area (Å²) in [4.78, 5) is 4.81. The maximum absolute atomic E-state index is 6.82. The van der Waals surface area contributed by atoms with Gasteiger partial charge in [-0.3, -0.25) is 0 Å². The van der Waals surface area contributed by atoms with Crippen molar-refractivity contribution >= 4 is 57.2 Å². The van der Waals surface area contributed by atoms with Crippen molar-refractivity contribution in [2.24, 2.45) is 0 Å². The SMILES string of the molecule is c1ccc(N2c3ccccc3C3(c4ccccc42)c2ccccc2N(c2cc4c5c(c2)Oc2cccc6c2B5c2c(cccc2O4)O6)c2ccccc23)cc1. The first kappa shape index (κ1) is 29.3. The number of nitrogens with zero attached hydrogens (tertiary/aromatic N) is 2. The minimum atomic E-state index is -0.607. The molecule has 1 spiro atoms. The van der Waals surface area contributed by atoms with Gasteiger partial charge < -0.3 is 24.0 Å². The lowest BCUT2D eigenvalue weighted by atomic mass is 9.34. The second-order valence-electron chi connectivity index (χ2n) is 14.8. The average Bonchev–Trinajstić information content (AvgIpc) is 3.24. The van der Waals surface area contributed by atoms with Gasteiger partial charge in [0.2, 0.25) is 0 Å². The predicted molar refractivity (Wildman–Crippen MR) is 219 cm³/mol. The van der Waals surface area contributed by atoms with Crippen LogP contribution in [-0.4, -0.2) is 6.71 Å². The number of hydrogen-bond acceptors (Lipinski definition) is 5. The summed E-state index contributed by atoms with van der Waals surface area (Å²) in [7, 11) is 0. The first-order valence-corrected chi connectivity index (χ1v) is 18.8. The second-order valence-corrected chi connectivity index (χ2v) is 14.8. The van der Waals surface area contributed by atoms with E-state index < -0.39 is 5.41 Å². The summed E-state index contributed by atoms with van der Waals surface area (Å²) >= 11 is 0. The van der Waals surface area contributed by atoms with Gasteiger partial charge in [-0.25, -0.2) is 0 Å². The highest BCUT2D eigenvalue weighted by Crippen LogP contribution is 2.64. The largest absolute Gasteiger partial charge is 0.458 e. The van der Waals surface area contributed by atoms with Crippen LogP contribution in [0.25, 0.3) is 0 Å². The van der Waals surface area contributed by atoms with Crippen LogP contribution >= 0.6 is 0 Å². The minimum absolute atomic E-state index is 0.0419. The van der Waals surface area contributed by atoms with Gasteiger partial charge in [0.1, 0.15) is 34.5 Å². The van der Waals surface area contributed by atoms with Gasteiger partial charge in [-0.2, -0.15) is 0 Å². The molecule has 0 saturated carbocycles. The molecule has 8 aromatic rings. The van der Waals surface area contributed by atoms with Crippen LogP contribution in [0, 0.1) is 0 Å². The molecule has 0 aliphatic carbocycles. The molecule has 6 heteroatoms. The third kappa shape index (κ3) is 3.64. The topological polar surface area (TPSA) is 34.2 Å². The maximum Gasteiger partial charge on any atom is 0.270 e. The summed E-state index contributed by atoms with van der Waals surface area (Å²) in [6.45, 7) is -0.0419. The van der Waals surface area contributed by atoms with E-state index in [-0.39, 0.29) is 6.71 Å². The average molecular weight is 705 g/mol. The highest BCUT2D eigenvalue weighted by Gasteiger charge is 2.52. The molecule has 0 amide bonds. The van der Waals surface area contributed by atoms with Gasteiger partial charge in [-0.05, 0) is 82.9 Å². The zero-order valence-electron chi connectivity index (χ0n) is 29.4. The van der Waals surface area contributed by atoms with Crippen molar-refractivity contribution in [2.75, 3.05) is 9.80 Å². The lowest BCUT2D eigenvalue weighted by molar-refractivity contribution is 0.443. The standard InChI is InChI=1S/C49H29BN2O3/c1-2-14-30(15-3-1)51-36-20-8-4-16-32(36)49(33-17-5-9-21-37(33)51)34-18-6-10-22-38(34)52(39-23-11-7-19-35(39)49)31-28-44-48-45(29-31)55-43-27-13-25-41-47(43)50(48)46-40(53-41)24-12-26-42(46)54-44/h1-29H. The van der Waals surface area contributed by atoms with Crippen LogP contribution in [0.3, 0.4) is 0 Å². The molecule has 0 radical (unpaired) electrons. The number of para-hydroxylation sites is 5. The van der Waals surface area contributed by atoms with Crippen molar-refractivity contribution < 1.29 is 14.2 Å². The lowest BCUT2D eigenvalue weighted by Crippen LogP contribution is -2.59. The summed E-state index contributed by atoms with van der Waals surface area (Å²) in [6.07, 6.45) is 0. The summed E-state index contributed by atoms with van der Waals surface area (Å²) in [5.74, 6) is 4.89. The first-order chi connectivity index (χ1) is 27.3. The number of fused-ring (bicyclic) bond motifs is 8. The molecule has 0 fully saturated rings. The van der Waals surface area contributed by atoms with Crippen LogP contribution in [0.2, 0.25) is 0 Å². The van der Waals surface area contributed by atoms with Crippen LogP contribution in [0.1, 0.15) is 22.3 Å². The van der Waals surface area contributed by atoms with Crippen LogP contribution in [-0.2, 0) is 5.41 Å². The predicted octanol–water partition coefficient (Wildman–Crippen LogP) is 10.5. The molecule has 5 aliphatic rings. The van der Waals surface area contributed by atoms with Crippen LogP contribution < -0.4 is 40.4 Å². The molecule has 256 valence electrons. The highest BCUT2D eigenvalue weighted by molar-refractivity contribution is 6.99. The molecule has 0 unspecified atom stereocenters. The van der Waals surface area contributed by atoms with Crippen molar-refractivity contribution in [3.8, 4) is 34.5 Å². The monoisotopic (exact) mass is 704 g/mol. The molecule has 0 N–H and O–H groups in total. The van der Waals surface area contributed by atoms with Crippen molar-refractivity contribution in [3.05, 3.63) is 198 Å². The first-order valence-electron chi connectivity index (χ1n) is 18.8. The maximum atomic E-state index is 6.82. The Hall–Kier alpha value is -7.18. The molecule has 5 heterocycles. The normalized spacial score (nSPS) is 15.0. The number of benzene rings is 8. The van der Waals surface area contributed by atoms with E-state index in [1.54, 1.807) is 0 Å². The van der Waals surface area contributed by atoms with E-state index in [0.29, 0.717) is 0 Å². The Morgan fingerprint density at radius 2 is 0.673 bits per heavy atom. The fourth-order valence-electron chi connectivity index (χ4n) is 10.1. The molecule has 5 aliphatic heterocycles. The minimum Gasteiger partial charge on any atom is -0.458 e.